The number of hydrogen-bond acceptors (Lipinski definition) is 4. The minimum Gasteiger partial charge on any atom is -0.372 e. The van der Waals surface area contributed by atoms with Crippen molar-refractivity contribution < 1.29 is 9.18 Å². The Kier molecular flexibility index (Phi) is 5.90. The van der Waals surface area contributed by atoms with Crippen molar-refractivity contribution in [2.75, 3.05) is 23.3 Å². The molecule has 0 aliphatic carbocycles. The zero-order chi connectivity index (χ0) is 22.8. The van der Waals surface area contributed by atoms with Gasteiger partial charge in [-0.05, 0) is 93.4 Å². The van der Waals surface area contributed by atoms with Crippen LogP contribution in [0.15, 0.2) is 54.6 Å². The minimum atomic E-state index is -0.379. The van der Waals surface area contributed by atoms with Crippen molar-refractivity contribution in [2.45, 2.75) is 27.7 Å². The topological polar surface area (TPSA) is 63.1 Å². The molecule has 0 saturated carbocycles. The summed E-state index contributed by atoms with van der Waals surface area (Å²) in [7, 11) is 0. The third-order valence-electron chi connectivity index (χ3n) is 5.61. The molecule has 0 spiro atoms. The van der Waals surface area contributed by atoms with Crippen LogP contribution in [0.1, 0.15) is 35.3 Å². The lowest BCUT2D eigenvalue weighted by Gasteiger charge is -2.22. The van der Waals surface area contributed by atoms with Crippen LogP contribution in [0, 0.1) is 19.7 Å². The van der Waals surface area contributed by atoms with Crippen molar-refractivity contribution in [3.8, 4) is 5.69 Å². The van der Waals surface area contributed by atoms with Gasteiger partial charge in [0.15, 0.2) is 0 Å². The number of fused-ring (bicyclic) bond motifs is 1. The van der Waals surface area contributed by atoms with Gasteiger partial charge in [-0.1, -0.05) is 0 Å². The van der Waals surface area contributed by atoms with Crippen molar-refractivity contribution >= 4 is 28.3 Å². The number of rotatable bonds is 6. The number of aromatic nitrogens is 3. The highest BCUT2D eigenvalue weighted by Crippen LogP contribution is 2.25. The van der Waals surface area contributed by atoms with Crippen LogP contribution < -0.4 is 10.2 Å². The van der Waals surface area contributed by atoms with Crippen LogP contribution >= 0.6 is 0 Å². The fourth-order valence-corrected chi connectivity index (χ4v) is 3.76. The predicted molar refractivity (Wildman–Crippen MR) is 126 cm³/mol. The van der Waals surface area contributed by atoms with Crippen LogP contribution in [0.3, 0.4) is 0 Å². The maximum atomic E-state index is 13.1. The molecule has 0 aliphatic heterocycles. The van der Waals surface area contributed by atoms with Gasteiger partial charge < -0.3 is 10.2 Å². The van der Waals surface area contributed by atoms with E-state index in [1.807, 2.05) is 25.1 Å². The molecule has 32 heavy (non-hydrogen) atoms. The highest BCUT2D eigenvalue weighted by atomic mass is 19.1. The third kappa shape index (κ3) is 4.19. The van der Waals surface area contributed by atoms with Crippen molar-refractivity contribution in [3.63, 3.8) is 0 Å². The van der Waals surface area contributed by atoms with Gasteiger partial charge in [-0.25, -0.2) is 4.39 Å². The molecule has 7 heteroatoms. The Morgan fingerprint density at radius 2 is 1.59 bits per heavy atom. The monoisotopic (exact) mass is 431 g/mol. The summed E-state index contributed by atoms with van der Waals surface area (Å²) in [6, 6.07) is 15.4. The molecule has 6 nitrogen and oxygen atoms in total. The van der Waals surface area contributed by atoms with Crippen molar-refractivity contribution in [1.29, 1.82) is 0 Å². The van der Waals surface area contributed by atoms with Crippen LogP contribution in [0.4, 0.5) is 15.8 Å². The van der Waals surface area contributed by atoms with Gasteiger partial charge in [0.25, 0.3) is 5.91 Å². The van der Waals surface area contributed by atoms with E-state index in [-0.39, 0.29) is 11.7 Å². The first-order valence-corrected chi connectivity index (χ1v) is 10.7. The summed E-state index contributed by atoms with van der Waals surface area (Å²) in [6.07, 6.45) is 0. The Balaban J connectivity index is 1.64. The number of carbonyl (C=O) groups excluding carboxylic acids is 1. The van der Waals surface area contributed by atoms with E-state index in [9.17, 15) is 9.18 Å². The molecule has 0 fully saturated rings. The van der Waals surface area contributed by atoms with Crippen molar-refractivity contribution in [3.05, 3.63) is 77.1 Å². The van der Waals surface area contributed by atoms with E-state index in [1.54, 1.807) is 4.80 Å². The van der Waals surface area contributed by atoms with E-state index >= 15 is 0 Å². The quantitative estimate of drug-likeness (QED) is 0.451. The normalized spacial score (nSPS) is 11.0. The molecule has 1 heterocycles. The lowest BCUT2D eigenvalue weighted by atomic mass is 10.1. The summed E-state index contributed by atoms with van der Waals surface area (Å²) in [6.45, 7) is 10.1. The molecule has 0 radical (unpaired) electrons. The Morgan fingerprint density at radius 3 is 2.22 bits per heavy atom. The van der Waals surface area contributed by atoms with Gasteiger partial charge in [0.2, 0.25) is 0 Å². The molecule has 1 N–H and O–H groups in total. The van der Waals surface area contributed by atoms with Crippen LogP contribution in [0.2, 0.25) is 0 Å². The molecule has 0 bridgehead atoms. The van der Waals surface area contributed by atoms with E-state index < -0.39 is 0 Å². The molecular formula is C25H26FN5O. The Morgan fingerprint density at radius 1 is 0.938 bits per heavy atom. The van der Waals surface area contributed by atoms with Crippen LogP contribution in [-0.2, 0) is 0 Å². The molecule has 0 saturated heterocycles. The number of nitrogens with one attached hydrogen (secondary N) is 1. The number of halogens is 1. The van der Waals surface area contributed by atoms with Crippen LogP contribution in [0.25, 0.3) is 16.7 Å². The van der Waals surface area contributed by atoms with E-state index in [0.717, 1.165) is 35.4 Å². The first-order chi connectivity index (χ1) is 15.4. The molecule has 4 aromatic rings. The molecule has 0 aliphatic rings. The SMILES string of the molecule is CCN(CC)c1ccc(-n2nc3cc(C)c(NC(=O)c4ccc(F)cc4)cc3n2)c(C)c1. The molecule has 1 aromatic heterocycles. The molecule has 4 rings (SSSR count). The van der Waals surface area contributed by atoms with E-state index in [2.05, 4.69) is 53.3 Å². The van der Waals surface area contributed by atoms with Gasteiger partial charge >= 0.3 is 0 Å². The number of anilines is 2. The van der Waals surface area contributed by atoms with Crippen LogP contribution in [0.5, 0.6) is 0 Å². The van der Waals surface area contributed by atoms with E-state index in [4.69, 9.17) is 0 Å². The lowest BCUT2D eigenvalue weighted by Crippen LogP contribution is -2.21. The summed E-state index contributed by atoms with van der Waals surface area (Å²) >= 11 is 0. The number of carbonyl (C=O) groups is 1. The zero-order valence-corrected chi connectivity index (χ0v) is 18.7. The number of aryl methyl sites for hydroxylation is 2. The molecule has 3 aromatic carbocycles. The van der Waals surface area contributed by atoms with Crippen molar-refractivity contribution in [1.82, 2.24) is 15.0 Å². The summed E-state index contributed by atoms with van der Waals surface area (Å²) in [4.78, 5) is 16.5. The second kappa shape index (κ2) is 8.78. The minimum absolute atomic E-state index is 0.303. The average Bonchev–Trinajstić information content (AvgIpc) is 3.17. The van der Waals surface area contributed by atoms with E-state index in [1.165, 1.54) is 30.0 Å². The van der Waals surface area contributed by atoms with Gasteiger partial charge in [0, 0.05) is 30.0 Å². The molecule has 164 valence electrons. The van der Waals surface area contributed by atoms with Crippen molar-refractivity contribution in [2.24, 2.45) is 0 Å². The second-order valence-corrected chi connectivity index (χ2v) is 7.75. The van der Waals surface area contributed by atoms with Gasteiger partial charge in [-0.15, -0.1) is 10.2 Å². The Hall–Kier alpha value is -3.74. The largest absolute Gasteiger partial charge is 0.372 e. The average molecular weight is 432 g/mol. The molecular weight excluding hydrogens is 405 g/mol. The number of benzene rings is 3. The Bertz CT molecular complexity index is 1280. The second-order valence-electron chi connectivity index (χ2n) is 7.75. The highest BCUT2D eigenvalue weighted by molar-refractivity contribution is 6.05. The Labute approximate surface area is 186 Å². The van der Waals surface area contributed by atoms with Gasteiger partial charge in [-0.3, -0.25) is 4.79 Å². The molecule has 0 atom stereocenters. The van der Waals surface area contributed by atoms with Gasteiger partial charge in [-0.2, -0.15) is 4.80 Å². The predicted octanol–water partition coefficient (Wildman–Crippen LogP) is 5.27. The fourth-order valence-electron chi connectivity index (χ4n) is 3.76. The zero-order valence-electron chi connectivity index (χ0n) is 18.7. The van der Waals surface area contributed by atoms with Crippen LogP contribution in [-0.4, -0.2) is 34.0 Å². The highest BCUT2D eigenvalue weighted by Gasteiger charge is 2.13. The summed E-state index contributed by atoms with van der Waals surface area (Å²) in [5.41, 5.74) is 6.49. The maximum absolute atomic E-state index is 13.1. The third-order valence-corrected chi connectivity index (χ3v) is 5.61. The first kappa shape index (κ1) is 21.5. The van der Waals surface area contributed by atoms with E-state index in [0.29, 0.717) is 16.8 Å². The molecule has 0 unspecified atom stereocenters. The fraction of sp³-hybridized carbons (Fsp3) is 0.240. The lowest BCUT2D eigenvalue weighted by molar-refractivity contribution is 0.102. The smallest absolute Gasteiger partial charge is 0.255 e. The maximum Gasteiger partial charge on any atom is 0.255 e. The summed E-state index contributed by atoms with van der Waals surface area (Å²) in [5, 5.41) is 12.2. The number of nitrogens with zero attached hydrogens (tertiary/aromatic N) is 4. The van der Waals surface area contributed by atoms with Gasteiger partial charge in [0.05, 0.1) is 5.69 Å². The number of amides is 1. The molecule has 1 amide bonds. The van der Waals surface area contributed by atoms with Gasteiger partial charge in [0.1, 0.15) is 16.9 Å². The summed E-state index contributed by atoms with van der Waals surface area (Å²) < 4.78 is 13.1. The summed E-state index contributed by atoms with van der Waals surface area (Å²) in [5.74, 6) is -0.682. The first-order valence-electron chi connectivity index (χ1n) is 10.7. The number of hydrogen-bond donors (Lipinski definition) is 1. The standard InChI is InChI=1S/C25H26FN5O/c1-5-30(6-2)20-11-12-24(17(4)13-20)31-28-22-14-16(3)21(15-23(22)29-31)27-25(32)18-7-9-19(26)10-8-18/h7-15H,5-6H2,1-4H3,(H,27,32).